The van der Waals surface area contributed by atoms with Crippen LogP contribution in [0.2, 0.25) is 0 Å². The van der Waals surface area contributed by atoms with Gasteiger partial charge < -0.3 is 10.1 Å². The Morgan fingerprint density at radius 2 is 1.85 bits per heavy atom. The van der Waals surface area contributed by atoms with E-state index >= 15 is 0 Å². The van der Waals surface area contributed by atoms with Crippen LogP contribution in [0.15, 0.2) is 45.3 Å². The number of ether oxygens (including phenoxy) is 1. The van der Waals surface area contributed by atoms with Gasteiger partial charge in [-0.3, -0.25) is 0 Å². The second-order valence-corrected chi connectivity index (χ2v) is 6.08. The Bertz CT molecular complexity index is 619. The summed E-state index contributed by atoms with van der Waals surface area (Å²) in [4.78, 5) is 0. The Morgan fingerprint density at radius 3 is 2.45 bits per heavy atom. The molecule has 0 aliphatic heterocycles. The van der Waals surface area contributed by atoms with Crippen molar-refractivity contribution in [2.24, 2.45) is 0 Å². The maximum atomic E-state index is 13.0. The van der Waals surface area contributed by atoms with Gasteiger partial charge in [0.25, 0.3) is 0 Å². The first-order valence-corrected chi connectivity index (χ1v) is 7.69. The van der Waals surface area contributed by atoms with E-state index in [2.05, 4.69) is 44.1 Å². The normalized spacial score (nSPS) is 12.2. The molecule has 0 aliphatic carbocycles. The van der Waals surface area contributed by atoms with Crippen LogP contribution >= 0.6 is 31.9 Å². The zero-order valence-electron chi connectivity index (χ0n) is 11.1. The van der Waals surface area contributed by atoms with Gasteiger partial charge in [-0.25, -0.2) is 4.39 Å². The molecule has 2 aromatic rings. The Labute approximate surface area is 134 Å². The Kier molecular flexibility index (Phi) is 5.18. The van der Waals surface area contributed by atoms with E-state index in [1.165, 1.54) is 12.1 Å². The van der Waals surface area contributed by atoms with E-state index in [0.717, 1.165) is 10.0 Å². The largest absolute Gasteiger partial charge is 0.456 e. The fourth-order valence-corrected chi connectivity index (χ4v) is 2.90. The number of hydrogen-bond donors (Lipinski definition) is 1. The average molecular weight is 403 g/mol. The first-order valence-electron chi connectivity index (χ1n) is 6.11. The van der Waals surface area contributed by atoms with Crippen LogP contribution in [0.25, 0.3) is 0 Å². The van der Waals surface area contributed by atoms with Crippen molar-refractivity contribution in [2.75, 3.05) is 7.05 Å². The number of rotatable bonds is 4. The van der Waals surface area contributed by atoms with Gasteiger partial charge in [0.1, 0.15) is 17.3 Å². The van der Waals surface area contributed by atoms with Crippen LogP contribution < -0.4 is 10.1 Å². The molecule has 106 valence electrons. The lowest BCUT2D eigenvalue weighted by Gasteiger charge is -2.14. The third-order valence-electron chi connectivity index (χ3n) is 2.99. The molecule has 2 rings (SSSR count). The summed E-state index contributed by atoms with van der Waals surface area (Å²) in [5.74, 6) is 0.965. The van der Waals surface area contributed by atoms with Crippen molar-refractivity contribution < 1.29 is 9.13 Å². The lowest BCUT2D eigenvalue weighted by atomic mass is 10.1. The molecule has 2 nitrogen and oxygen atoms in total. The average Bonchev–Trinajstić information content (AvgIpc) is 2.41. The number of benzene rings is 2. The van der Waals surface area contributed by atoms with Gasteiger partial charge in [-0.2, -0.15) is 0 Å². The van der Waals surface area contributed by atoms with Crippen LogP contribution in [0.5, 0.6) is 11.5 Å². The Hall–Kier alpha value is -0.910. The van der Waals surface area contributed by atoms with Crippen LogP contribution in [0.3, 0.4) is 0 Å². The Morgan fingerprint density at radius 1 is 1.10 bits per heavy atom. The summed E-state index contributed by atoms with van der Waals surface area (Å²) < 4.78 is 20.3. The van der Waals surface area contributed by atoms with E-state index in [4.69, 9.17) is 4.74 Å². The maximum Gasteiger partial charge on any atom is 0.141 e. The number of hydrogen-bond acceptors (Lipinski definition) is 2. The molecule has 5 heteroatoms. The zero-order chi connectivity index (χ0) is 14.7. The second kappa shape index (κ2) is 6.70. The molecular formula is C15H14Br2FNO. The lowest BCUT2D eigenvalue weighted by molar-refractivity contribution is 0.476. The zero-order valence-corrected chi connectivity index (χ0v) is 14.3. The van der Waals surface area contributed by atoms with Gasteiger partial charge in [-0.1, -0.05) is 22.0 Å². The SMILES string of the molecule is CNC(C)c1ccc(Oc2ccc(F)cc2Br)cc1Br. The van der Waals surface area contributed by atoms with Gasteiger partial charge in [0.15, 0.2) is 0 Å². The van der Waals surface area contributed by atoms with E-state index in [1.807, 2.05) is 25.2 Å². The minimum atomic E-state index is -0.302. The number of nitrogens with one attached hydrogen (secondary N) is 1. The molecule has 0 aliphatic rings. The predicted molar refractivity (Wildman–Crippen MR) is 85.8 cm³/mol. The molecule has 2 aromatic carbocycles. The van der Waals surface area contributed by atoms with Gasteiger partial charge in [-0.15, -0.1) is 0 Å². The van der Waals surface area contributed by atoms with Crippen molar-refractivity contribution in [3.8, 4) is 11.5 Å². The third-order valence-corrected chi connectivity index (χ3v) is 4.30. The van der Waals surface area contributed by atoms with Crippen molar-refractivity contribution in [2.45, 2.75) is 13.0 Å². The Balaban J connectivity index is 2.24. The minimum absolute atomic E-state index is 0.246. The summed E-state index contributed by atoms with van der Waals surface area (Å²) in [5.41, 5.74) is 1.15. The highest BCUT2D eigenvalue weighted by atomic mass is 79.9. The summed E-state index contributed by atoms with van der Waals surface area (Å²) in [5, 5.41) is 3.19. The molecule has 0 spiro atoms. The summed E-state index contributed by atoms with van der Waals surface area (Å²) in [6.07, 6.45) is 0. The quantitative estimate of drug-likeness (QED) is 0.736. The van der Waals surface area contributed by atoms with Gasteiger partial charge in [0.2, 0.25) is 0 Å². The molecule has 0 aromatic heterocycles. The summed E-state index contributed by atoms with van der Waals surface area (Å²) >= 11 is 6.83. The predicted octanol–water partition coefficient (Wildman–Crippen LogP) is 5.42. The van der Waals surface area contributed by atoms with Gasteiger partial charge in [0, 0.05) is 10.5 Å². The fraction of sp³-hybridized carbons (Fsp3) is 0.200. The summed E-state index contributed by atoms with van der Waals surface area (Å²) in [6.45, 7) is 2.08. The van der Waals surface area contributed by atoms with Crippen LogP contribution in [-0.2, 0) is 0 Å². The molecule has 0 saturated heterocycles. The van der Waals surface area contributed by atoms with Gasteiger partial charge >= 0.3 is 0 Å². The topological polar surface area (TPSA) is 21.3 Å². The number of halogens is 3. The highest BCUT2D eigenvalue weighted by Gasteiger charge is 2.10. The molecule has 0 amide bonds. The van der Waals surface area contributed by atoms with E-state index in [-0.39, 0.29) is 11.9 Å². The summed E-state index contributed by atoms with van der Waals surface area (Å²) in [7, 11) is 1.91. The molecular weight excluding hydrogens is 389 g/mol. The molecule has 20 heavy (non-hydrogen) atoms. The smallest absolute Gasteiger partial charge is 0.141 e. The molecule has 0 radical (unpaired) electrons. The van der Waals surface area contributed by atoms with Gasteiger partial charge in [0.05, 0.1) is 4.47 Å². The molecule has 0 saturated carbocycles. The van der Waals surface area contributed by atoms with Crippen LogP contribution in [-0.4, -0.2) is 7.05 Å². The molecule has 1 unspecified atom stereocenters. The molecule has 1 atom stereocenters. The molecule has 0 bridgehead atoms. The molecule has 0 fully saturated rings. The first-order chi connectivity index (χ1) is 9.51. The first kappa shape index (κ1) is 15.5. The van der Waals surface area contributed by atoms with Crippen molar-refractivity contribution in [3.05, 3.63) is 56.7 Å². The van der Waals surface area contributed by atoms with Crippen molar-refractivity contribution >= 4 is 31.9 Å². The van der Waals surface area contributed by atoms with E-state index in [0.29, 0.717) is 16.0 Å². The molecule has 0 heterocycles. The van der Waals surface area contributed by atoms with Crippen molar-refractivity contribution in [1.29, 1.82) is 0 Å². The second-order valence-electron chi connectivity index (χ2n) is 4.37. The minimum Gasteiger partial charge on any atom is -0.456 e. The monoisotopic (exact) mass is 401 g/mol. The van der Waals surface area contributed by atoms with Crippen LogP contribution in [0.1, 0.15) is 18.5 Å². The maximum absolute atomic E-state index is 13.0. The van der Waals surface area contributed by atoms with Crippen molar-refractivity contribution in [1.82, 2.24) is 5.32 Å². The van der Waals surface area contributed by atoms with E-state index in [1.54, 1.807) is 6.07 Å². The van der Waals surface area contributed by atoms with Gasteiger partial charge in [-0.05, 0) is 65.8 Å². The van der Waals surface area contributed by atoms with Crippen molar-refractivity contribution in [3.63, 3.8) is 0 Å². The highest BCUT2D eigenvalue weighted by Crippen LogP contribution is 2.33. The summed E-state index contributed by atoms with van der Waals surface area (Å²) in [6, 6.07) is 10.4. The van der Waals surface area contributed by atoms with E-state index in [9.17, 15) is 4.39 Å². The standard InChI is InChI=1S/C15H14Br2FNO/c1-9(19-2)12-5-4-11(8-13(12)16)20-15-6-3-10(18)7-14(15)17/h3-9,19H,1-2H3. The van der Waals surface area contributed by atoms with E-state index < -0.39 is 0 Å². The lowest BCUT2D eigenvalue weighted by Crippen LogP contribution is -2.12. The fourth-order valence-electron chi connectivity index (χ4n) is 1.76. The highest BCUT2D eigenvalue weighted by molar-refractivity contribution is 9.10. The van der Waals surface area contributed by atoms with Crippen LogP contribution in [0, 0.1) is 5.82 Å². The van der Waals surface area contributed by atoms with Crippen LogP contribution in [0.4, 0.5) is 4.39 Å². The molecule has 1 N–H and O–H groups in total. The third kappa shape index (κ3) is 3.59.